The molecule has 0 radical (unpaired) electrons. The molecule has 0 heterocycles. The van der Waals surface area contributed by atoms with Crippen LogP contribution in [-0.4, -0.2) is 29.7 Å². The molecule has 5 heteroatoms. The van der Waals surface area contributed by atoms with Crippen LogP contribution in [0.5, 0.6) is 0 Å². The van der Waals surface area contributed by atoms with E-state index >= 15 is 0 Å². The topological polar surface area (TPSA) is 18.5 Å². The minimum absolute atomic E-state index is 0.165. The highest BCUT2D eigenvalue weighted by molar-refractivity contribution is 6.70. The molecule has 0 aromatic carbocycles. The Labute approximate surface area is 75.8 Å². The highest BCUT2D eigenvalue weighted by Crippen LogP contribution is 2.15. The van der Waals surface area contributed by atoms with E-state index < -0.39 is 8.41 Å². The Morgan fingerprint density at radius 3 is 2.08 bits per heavy atom. The summed E-state index contributed by atoms with van der Waals surface area (Å²) < 4.78 is 23.1. The standard InChI is InChI=1S/C7H18BFO2Si/c1-10-8(11-2)6-5-7-12(3,4)9/h5-7H2,1-4H3. The Hall–Kier alpha value is 0.132. The number of rotatable bonds is 6. The number of hydrogen-bond acceptors (Lipinski definition) is 2. The molecule has 0 amide bonds. The van der Waals surface area contributed by atoms with Crippen molar-refractivity contribution in [1.29, 1.82) is 0 Å². The zero-order valence-corrected chi connectivity index (χ0v) is 9.39. The van der Waals surface area contributed by atoms with E-state index in [-0.39, 0.29) is 7.12 Å². The zero-order chi connectivity index (χ0) is 9.61. The lowest BCUT2D eigenvalue weighted by atomic mass is 9.83. The van der Waals surface area contributed by atoms with Crippen LogP contribution in [0.25, 0.3) is 0 Å². The van der Waals surface area contributed by atoms with E-state index in [1.807, 2.05) is 0 Å². The molecular formula is C7H18BFO2Si. The molecule has 0 fully saturated rings. The van der Waals surface area contributed by atoms with Crippen molar-refractivity contribution in [1.82, 2.24) is 0 Å². The second kappa shape index (κ2) is 5.72. The fourth-order valence-corrected chi connectivity index (χ4v) is 2.07. The summed E-state index contributed by atoms with van der Waals surface area (Å²) in [5.41, 5.74) is 0. The Bertz CT molecular complexity index is 114. The average Bonchev–Trinajstić information content (AvgIpc) is 1.96. The van der Waals surface area contributed by atoms with E-state index in [0.717, 1.165) is 12.7 Å². The Morgan fingerprint density at radius 2 is 1.75 bits per heavy atom. The first-order chi connectivity index (χ1) is 5.49. The fraction of sp³-hybridized carbons (Fsp3) is 1.00. The van der Waals surface area contributed by atoms with Crippen molar-refractivity contribution in [2.45, 2.75) is 31.9 Å². The highest BCUT2D eigenvalue weighted by atomic mass is 28.4. The van der Waals surface area contributed by atoms with Crippen LogP contribution >= 0.6 is 0 Å². The van der Waals surface area contributed by atoms with E-state index in [0.29, 0.717) is 6.04 Å². The van der Waals surface area contributed by atoms with Crippen LogP contribution in [0.1, 0.15) is 6.42 Å². The lowest BCUT2D eigenvalue weighted by molar-refractivity contribution is 0.277. The van der Waals surface area contributed by atoms with Crippen LogP contribution in [0.3, 0.4) is 0 Å². The zero-order valence-electron chi connectivity index (χ0n) is 8.39. The van der Waals surface area contributed by atoms with Gasteiger partial charge in [-0.05, 0) is 25.5 Å². The van der Waals surface area contributed by atoms with Gasteiger partial charge in [-0.2, -0.15) is 0 Å². The highest BCUT2D eigenvalue weighted by Gasteiger charge is 2.22. The Morgan fingerprint density at radius 1 is 1.25 bits per heavy atom. The van der Waals surface area contributed by atoms with Crippen LogP contribution in [0.4, 0.5) is 4.11 Å². The smallest absolute Gasteiger partial charge is 0.414 e. The fourth-order valence-electron chi connectivity index (χ4n) is 1.02. The largest absolute Gasteiger partial charge is 0.456 e. The summed E-state index contributed by atoms with van der Waals surface area (Å²) in [7, 11) is 0.681. The van der Waals surface area contributed by atoms with Crippen molar-refractivity contribution in [3.63, 3.8) is 0 Å². The third-order valence-electron chi connectivity index (χ3n) is 1.74. The van der Waals surface area contributed by atoms with Gasteiger partial charge in [0.05, 0.1) is 0 Å². The predicted octanol–water partition coefficient (Wildman–Crippen LogP) is 2.33. The van der Waals surface area contributed by atoms with Crippen molar-refractivity contribution < 1.29 is 13.4 Å². The van der Waals surface area contributed by atoms with Gasteiger partial charge in [-0.15, -0.1) is 0 Å². The van der Waals surface area contributed by atoms with E-state index in [1.54, 1.807) is 27.3 Å². The Balaban J connectivity index is 3.41. The van der Waals surface area contributed by atoms with Crippen LogP contribution < -0.4 is 0 Å². The van der Waals surface area contributed by atoms with Crippen LogP contribution in [0, 0.1) is 0 Å². The van der Waals surface area contributed by atoms with Gasteiger partial charge in [0.1, 0.15) is 0 Å². The van der Waals surface area contributed by atoms with Gasteiger partial charge >= 0.3 is 7.12 Å². The summed E-state index contributed by atoms with van der Waals surface area (Å²) in [4.78, 5) is 0. The van der Waals surface area contributed by atoms with E-state index in [9.17, 15) is 4.11 Å². The molecule has 0 rings (SSSR count). The first kappa shape index (κ1) is 12.1. The van der Waals surface area contributed by atoms with Crippen LogP contribution in [0.2, 0.25) is 25.5 Å². The van der Waals surface area contributed by atoms with Crippen LogP contribution in [0.15, 0.2) is 0 Å². The second-order valence-corrected chi connectivity index (χ2v) is 7.45. The molecule has 0 unspecified atom stereocenters. The molecule has 12 heavy (non-hydrogen) atoms. The third kappa shape index (κ3) is 6.82. The molecule has 0 spiro atoms. The maximum atomic E-state index is 13.1. The quantitative estimate of drug-likeness (QED) is 0.475. The molecule has 0 aromatic rings. The van der Waals surface area contributed by atoms with Crippen molar-refractivity contribution in [2.75, 3.05) is 14.2 Å². The lowest BCUT2D eigenvalue weighted by Crippen LogP contribution is -2.22. The summed E-state index contributed by atoms with van der Waals surface area (Å²) >= 11 is 0. The summed E-state index contributed by atoms with van der Waals surface area (Å²) in [5, 5.41) is 0. The minimum atomic E-state index is -2.36. The monoisotopic (exact) mass is 192 g/mol. The van der Waals surface area contributed by atoms with Crippen molar-refractivity contribution in [3.8, 4) is 0 Å². The molecule has 0 aliphatic rings. The minimum Gasteiger partial charge on any atom is -0.414 e. The van der Waals surface area contributed by atoms with E-state index in [4.69, 9.17) is 9.31 Å². The first-order valence-electron chi connectivity index (χ1n) is 4.24. The number of hydrogen-bond donors (Lipinski definition) is 0. The Kier molecular flexibility index (Phi) is 5.78. The molecule has 0 N–H and O–H groups in total. The number of halogens is 1. The SMILES string of the molecule is COB(CCC[Si](C)(C)F)OC. The van der Waals surface area contributed by atoms with Gasteiger partial charge in [-0.1, -0.05) is 6.42 Å². The van der Waals surface area contributed by atoms with Crippen molar-refractivity contribution in [3.05, 3.63) is 0 Å². The van der Waals surface area contributed by atoms with Crippen LogP contribution in [-0.2, 0) is 9.31 Å². The summed E-state index contributed by atoms with van der Waals surface area (Å²) in [6, 6.07) is 0.691. The van der Waals surface area contributed by atoms with Gasteiger partial charge in [0.15, 0.2) is 0 Å². The molecule has 0 atom stereocenters. The molecule has 0 aromatic heterocycles. The molecule has 0 aliphatic carbocycles. The normalized spacial score (nSPS) is 11.8. The summed E-state index contributed by atoms with van der Waals surface area (Å²) in [5.74, 6) is 0. The molecular weight excluding hydrogens is 174 g/mol. The summed E-state index contributed by atoms with van der Waals surface area (Å²) in [6.07, 6.45) is 1.63. The van der Waals surface area contributed by atoms with Gasteiger partial charge in [0.2, 0.25) is 8.41 Å². The molecule has 2 nitrogen and oxygen atoms in total. The molecule has 0 bridgehead atoms. The van der Waals surface area contributed by atoms with Gasteiger partial charge < -0.3 is 13.4 Å². The molecule has 0 saturated carbocycles. The van der Waals surface area contributed by atoms with Crippen molar-refractivity contribution in [2.24, 2.45) is 0 Å². The molecule has 0 aliphatic heterocycles. The van der Waals surface area contributed by atoms with Gasteiger partial charge in [0.25, 0.3) is 0 Å². The maximum absolute atomic E-state index is 13.1. The third-order valence-corrected chi connectivity index (χ3v) is 3.28. The summed E-state index contributed by atoms with van der Waals surface area (Å²) in [6.45, 7) is 3.45. The van der Waals surface area contributed by atoms with E-state index in [2.05, 4.69) is 0 Å². The van der Waals surface area contributed by atoms with Crippen molar-refractivity contribution >= 4 is 15.5 Å². The predicted molar refractivity (Wildman–Crippen MR) is 52.6 cm³/mol. The lowest BCUT2D eigenvalue weighted by Gasteiger charge is -2.12. The van der Waals surface area contributed by atoms with Gasteiger partial charge in [-0.3, -0.25) is 0 Å². The second-order valence-electron chi connectivity index (χ2n) is 3.51. The van der Waals surface area contributed by atoms with E-state index in [1.165, 1.54) is 0 Å². The van der Waals surface area contributed by atoms with Gasteiger partial charge in [0, 0.05) is 14.2 Å². The van der Waals surface area contributed by atoms with Gasteiger partial charge in [-0.25, -0.2) is 0 Å². The average molecular weight is 192 g/mol. The maximum Gasteiger partial charge on any atom is 0.456 e. The molecule has 0 saturated heterocycles. The first-order valence-corrected chi connectivity index (χ1v) is 7.32. The molecule has 72 valence electrons.